The molecule has 0 radical (unpaired) electrons. The molecule has 0 saturated carbocycles. The first-order valence-electron chi connectivity index (χ1n) is 6.00. The molecule has 2 rings (SSSR count). The highest BCUT2D eigenvalue weighted by atomic mass is 79.9. The number of benzene rings is 2. The maximum atomic E-state index is 12.2. The minimum atomic E-state index is -0.456. The number of halogens is 1. The van der Waals surface area contributed by atoms with Gasteiger partial charge >= 0.3 is 0 Å². The van der Waals surface area contributed by atoms with Gasteiger partial charge in [-0.2, -0.15) is 0 Å². The number of nitrogens with zero attached hydrogens (tertiary/aromatic N) is 1. The monoisotopic (exact) mass is 333 g/mol. The van der Waals surface area contributed by atoms with Gasteiger partial charge in [0.1, 0.15) is 0 Å². The molecule has 20 heavy (non-hydrogen) atoms. The summed E-state index contributed by atoms with van der Waals surface area (Å²) in [4.78, 5) is 22.4. The van der Waals surface area contributed by atoms with Crippen LogP contribution < -0.4 is 0 Å². The Bertz CT molecular complexity index is 665. The highest BCUT2D eigenvalue weighted by molar-refractivity contribution is 9.10. The van der Waals surface area contributed by atoms with E-state index in [9.17, 15) is 14.9 Å². The number of carbonyl (C=O) groups is 1. The molecule has 0 unspecified atom stereocenters. The summed E-state index contributed by atoms with van der Waals surface area (Å²) in [6, 6.07) is 11.6. The smallest absolute Gasteiger partial charge is 0.269 e. The molecule has 0 spiro atoms. The van der Waals surface area contributed by atoms with Gasteiger partial charge in [-0.1, -0.05) is 39.7 Å². The van der Waals surface area contributed by atoms with Crippen LogP contribution in [0.25, 0.3) is 0 Å². The van der Waals surface area contributed by atoms with Crippen LogP contribution in [-0.4, -0.2) is 10.7 Å². The third-order valence-electron chi connectivity index (χ3n) is 2.93. The first-order chi connectivity index (χ1) is 9.47. The second kappa shape index (κ2) is 5.96. The quantitative estimate of drug-likeness (QED) is 0.481. The standard InChI is InChI=1S/C15H12BrNO3/c1-10-2-7-14(16)13(8-10)15(18)9-11-3-5-12(6-4-11)17(19)20/h2-8H,9H2,1H3. The van der Waals surface area contributed by atoms with Crippen LogP contribution in [0.5, 0.6) is 0 Å². The van der Waals surface area contributed by atoms with Crippen molar-refractivity contribution < 1.29 is 9.72 Å². The Hall–Kier alpha value is -2.01. The van der Waals surface area contributed by atoms with Crippen LogP contribution in [0, 0.1) is 17.0 Å². The molecule has 0 aliphatic heterocycles. The van der Waals surface area contributed by atoms with Gasteiger partial charge in [-0.3, -0.25) is 14.9 Å². The van der Waals surface area contributed by atoms with E-state index in [1.165, 1.54) is 12.1 Å². The van der Waals surface area contributed by atoms with Gasteiger partial charge in [0.25, 0.3) is 5.69 Å². The molecular formula is C15H12BrNO3. The van der Waals surface area contributed by atoms with Crippen LogP contribution >= 0.6 is 15.9 Å². The minimum Gasteiger partial charge on any atom is -0.294 e. The summed E-state index contributed by atoms with van der Waals surface area (Å²) in [7, 11) is 0. The topological polar surface area (TPSA) is 60.2 Å². The second-order valence-electron chi connectivity index (χ2n) is 4.51. The molecule has 0 aliphatic rings. The molecule has 0 heterocycles. The first kappa shape index (κ1) is 14.4. The summed E-state index contributed by atoms with van der Waals surface area (Å²) in [6.45, 7) is 1.93. The van der Waals surface area contributed by atoms with Crippen molar-refractivity contribution in [2.75, 3.05) is 0 Å². The van der Waals surface area contributed by atoms with Crippen LogP contribution in [-0.2, 0) is 6.42 Å². The number of carbonyl (C=O) groups excluding carboxylic acids is 1. The molecular weight excluding hydrogens is 322 g/mol. The van der Waals surface area contributed by atoms with Gasteiger partial charge in [0.2, 0.25) is 0 Å². The normalized spacial score (nSPS) is 10.3. The van der Waals surface area contributed by atoms with Crippen LogP contribution in [0.1, 0.15) is 21.5 Å². The Morgan fingerprint density at radius 3 is 2.45 bits per heavy atom. The van der Waals surface area contributed by atoms with Crippen molar-refractivity contribution >= 4 is 27.4 Å². The van der Waals surface area contributed by atoms with Crippen molar-refractivity contribution in [3.05, 3.63) is 73.7 Å². The number of aryl methyl sites for hydroxylation is 1. The zero-order valence-corrected chi connectivity index (χ0v) is 12.4. The van der Waals surface area contributed by atoms with E-state index in [4.69, 9.17) is 0 Å². The Balaban J connectivity index is 2.19. The maximum Gasteiger partial charge on any atom is 0.269 e. The van der Waals surface area contributed by atoms with Gasteiger partial charge < -0.3 is 0 Å². The lowest BCUT2D eigenvalue weighted by Gasteiger charge is -2.05. The summed E-state index contributed by atoms with van der Waals surface area (Å²) in [5.74, 6) is -0.0190. The predicted molar refractivity (Wildman–Crippen MR) is 80.0 cm³/mol. The van der Waals surface area contributed by atoms with E-state index in [2.05, 4.69) is 15.9 Å². The molecule has 0 aromatic heterocycles. The van der Waals surface area contributed by atoms with Gasteiger partial charge in [0, 0.05) is 28.6 Å². The fourth-order valence-electron chi connectivity index (χ4n) is 1.87. The Morgan fingerprint density at radius 1 is 1.20 bits per heavy atom. The molecule has 5 heteroatoms. The summed E-state index contributed by atoms with van der Waals surface area (Å²) in [6.07, 6.45) is 0.222. The van der Waals surface area contributed by atoms with Crippen molar-refractivity contribution in [1.82, 2.24) is 0 Å². The highest BCUT2D eigenvalue weighted by Gasteiger charge is 2.12. The second-order valence-corrected chi connectivity index (χ2v) is 5.36. The van der Waals surface area contributed by atoms with Gasteiger partial charge in [-0.25, -0.2) is 0 Å². The maximum absolute atomic E-state index is 12.2. The van der Waals surface area contributed by atoms with Gasteiger partial charge in [-0.05, 0) is 24.6 Å². The highest BCUT2D eigenvalue weighted by Crippen LogP contribution is 2.21. The van der Waals surface area contributed by atoms with E-state index in [0.29, 0.717) is 5.56 Å². The fraction of sp³-hybridized carbons (Fsp3) is 0.133. The summed E-state index contributed by atoms with van der Waals surface area (Å²) >= 11 is 3.36. The molecule has 0 atom stereocenters. The van der Waals surface area contributed by atoms with Gasteiger partial charge in [0.15, 0.2) is 5.78 Å². The number of Topliss-reactive ketones (excluding diaryl/α,β-unsaturated/α-hetero) is 1. The zero-order valence-electron chi connectivity index (χ0n) is 10.8. The molecule has 0 N–H and O–H groups in total. The number of nitro benzene ring substituents is 1. The number of hydrogen-bond acceptors (Lipinski definition) is 3. The average molecular weight is 334 g/mol. The molecule has 4 nitrogen and oxygen atoms in total. The molecule has 0 amide bonds. The SMILES string of the molecule is Cc1ccc(Br)c(C(=O)Cc2ccc([N+](=O)[O-])cc2)c1. The lowest BCUT2D eigenvalue weighted by atomic mass is 10.0. The van der Waals surface area contributed by atoms with Crippen molar-refractivity contribution in [3.63, 3.8) is 0 Å². The van der Waals surface area contributed by atoms with E-state index in [1.807, 2.05) is 25.1 Å². The number of hydrogen-bond donors (Lipinski definition) is 0. The number of rotatable bonds is 4. The molecule has 102 valence electrons. The first-order valence-corrected chi connectivity index (χ1v) is 6.79. The zero-order chi connectivity index (χ0) is 14.7. The number of nitro groups is 1. The summed E-state index contributed by atoms with van der Waals surface area (Å²) in [5, 5.41) is 10.6. The van der Waals surface area contributed by atoms with Crippen molar-refractivity contribution in [2.45, 2.75) is 13.3 Å². The van der Waals surface area contributed by atoms with E-state index in [0.717, 1.165) is 15.6 Å². The molecule has 2 aromatic rings. The molecule has 0 saturated heterocycles. The lowest BCUT2D eigenvalue weighted by molar-refractivity contribution is -0.384. The van der Waals surface area contributed by atoms with Crippen molar-refractivity contribution in [3.8, 4) is 0 Å². The van der Waals surface area contributed by atoms with E-state index < -0.39 is 4.92 Å². The van der Waals surface area contributed by atoms with E-state index >= 15 is 0 Å². The Morgan fingerprint density at radius 2 is 1.85 bits per heavy atom. The Labute approximate surface area is 124 Å². The molecule has 0 fully saturated rings. The molecule has 2 aromatic carbocycles. The van der Waals surface area contributed by atoms with Crippen LogP contribution in [0.4, 0.5) is 5.69 Å². The average Bonchev–Trinajstić information content (AvgIpc) is 2.42. The van der Waals surface area contributed by atoms with E-state index in [-0.39, 0.29) is 17.9 Å². The predicted octanol–water partition coefficient (Wildman–Crippen LogP) is 4.09. The minimum absolute atomic E-state index is 0.0190. The third-order valence-corrected chi connectivity index (χ3v) is 3.63. The van der Waals surface area contributed by atoms with Gasteiger partial charge in [-0.15, -0.1) is 0 Å². The fourth-order valence-corrected chi connectivity index (χ4v) is 2.34. The number of non-ortho nitro benzene ring substituents is 1. The molecule has 0 aliphatic carbocycles. The number of ketones is 1. The van der Waals surface area contributed by atoms with Crippen LogP contribution in [0.15, 0.2) is 46.9 Å². The summed E-state index contributed by atoms with van der Waals surface area (Å²) < 4.78 is 0.759. The largest absolute Gasteiger partial charge is 0.294 e. The Kier molecular flexibility index (Phi) is 4.29. The van der Waals surface area contributed by atoms with E-state index in [1.54, 1.807) is 12.1 Å². The van der Waals surface area contributed by atoms with Crippen LogP contribution in [0.3, 0.4) is 0 Å². The van der Waals surface area contributed by atoms with Gasteiger partial charge in [0.05, 0.1) is 4.92 Å². The van der Waals surface area contributed by atoms with Crippen molar-refractivity contribution in [1.29, 1.82) is 0 Å². The summed E-state index contributed by atoms with van der Waals surface area (Å²) in [5.41, 5.74) is 2.43. The molecule has 0 bridgehead atoms. The lowest BCUT2D eigenvalue weighted by Crippen LogP contribution is -2.05. The van der Waals surface area contributed by atoms with Crippen LogP contribution in [0.2, 0.25) is 0 Å². The third kappa shape index (κ3) is 3.30. The van der Waals surface area contributed by atoms with Crippen molar-refractivity contribution in [2.24, 2.45) is 0 Å².